The molecule has 0 aromatic rings. The highest BCUT2D eigenvalue weighted by Crippen LogP contribution is 2.52. The van der Waals surface area contributed by atoms with Gasteiger partial charge in [0.05, 0.1) is 19.3 Å². The first-order valence-electron chi connectivity index (χ1n) is 10.3. The molecule has 0 radical (unpaired) electrons. The largest absolute Gasteiger partial charge is 0.469 e. The normalized spacial score (nSPS) is 32.1. The van der Waals surface area contributed by atoms with Crippen LogP contribution in [0.3, 0.4) is 0 Å². The van der Waals surface area contributed by atoms with Crippen LogP contribution < -0.4 is 0 Å². The summed E-state index contributed by atoms with van der Waals surface area (Å²) in [6.07, 6.45) is 13.2. The molecule has 2 rings (SSSR count). The third-order valence-corrected chi connectivity index (χ3v) is 7.54. The van der Waals surface area contributed by atoms with Crippen LogP contribution in [-0.2, 0) is 9.53 Å². The minimum Gasteiger partial charge on any atom is -0.469 e. The molecule has 0 spiro atoms. The molecule has 1 unspecified atom stereocenters. The van der Waals surface area contributed by atoms with E-state index >= 15 is 0 Å². The second-order valence-electron chi connectivity index (χ2n) is 7.85. The molecule has 6 atom stereocenters. The second-order valence-corrected chi connectivity index (χ2v) is 9.39. The van der Waals surface area contributed by atoms with Gasteiger partial charge in [0, 0.05) is 22.8 Å². The van der Waals surface area contributed by atoms with E-state index in [1.165, 1.54) is 13.5 Å². The number of aliphatic hydroxyl groups is 2. The zero-order valence-corrected chi connectivity index (χ0v) is 17.1. The quantitative estimate of drug-likeness (QED) is 0.319. The number of carbonyl (C=O) groups excluding carboxylic acids is 1. The van der Waals surface area contributed by atoms with E-state index in [0.717, 1.165) is 51.4 Å². The lowest BCUT2D eigenvalue weighted by Crippen LogP contribution is -2.19. The first-order chi connectivity index (χ1) is 12.5. The fourth-order valence-electron chi connectivity index (χ4n) is 4.33. The van der Waals surface area contributed by atoms with Crippen molar-refractivity contribution in [2.24, 2.45) is 11.8 Å². The van der Waals surface area contributed by atoms with Crippen LogP contribution in [0.2, 0.25) is 0 Å². The molecule has 0 aromatic carbocycles. The average molecular weight is 385 g/mol. The molecule has 150 valence electrons. The minimum absolute atomic E-state index is 0.119. The molecule has 2 aliphatic rings. The van der Waals surface area contributed by atoms with Crippen molar-refractivity contribution in [3.05, 3.63) is 12.2 Å². The van der Waals surface area contributed by atoms with Gasteiger partial charge >= 0.3 is 5.97 Å². The highest BCUT2D eigenvalue weighted by Gasteiger charge is 2.47. The average Bonchev–Trinajstić information content (AvgIpc) is 3.13. The Labute approximate surface area is 162 Å². The monoisotopic (exact) mass is 384 g/mol. The third-order valence-electron chi connectivity index (χ3n) is 5.84. The van der Waals surface area contributed by atoms with Gasteiger partial charge in [0.2, 0.25) is 0 Å². The number of thioether (sulfide) groups is 1. The standard InChI is InChI=1S/C21H36O4S/c1-3-4-5-8-15(22)11-12-17-18-13-16(26-20(18)14-19(17)23)9-6-7-10-21(24)25-2/h11-12,15-20,22-23H,3-10,13-14H2,1-2H3/t15-,16?,17+,18+,19+,20+/m0/s1. The molecule has 0 aromatic heterocycles. The minimum atomic E-state index is -0.379. The van der Waals surface area contributed by atoms with Gasteiger partial charge in [-0.2, -0.15) is 11.8 Å². The molecule has 4 nitrogen and oxygen atoms in total. The lowest BCUT2D eigenvalue weighted by Gasteiger charge is -2.18. The molecule has 1 aliphatic heterocycles. The molecule has 2 N–H and O–H groups in total. The van der Waals surface area contributed by atoms with Crippen LogP contribution in [0.5, 0.6) is 0 Å². The fraction of sp³-hybridized carbons (Fsp3) is 0.857. The Hall–Kier alpha value is -0.520. The van der Waals surface area contributed by atoms with E-state index in [-0.39, 0.29) is 24.1 Å². The van der Waals surface area contributed by atoms with E-state index in [1.807, 2.05) is 17.8 Å². The Bertz CT molecular complexity index is 453. The lowest BCUT2D eigenvalue weighted by molar-refractivity contribution is -0.140. The zero-order valence-electron chi connectivity index (χ0n) is 16.3. The van der Waals surface area contributed by atoms with Crippen LogP contribution in [0, 0.1) is 11.8 Å². The summed E-state index contributed by atoms with van der Waals surface area (Å²) in [5.41, 5.74) is 0. The first kappa shape index (κ1) is 21.8. The summed E-state index contributed by atoms with van der Waals surface area (Å²) in [4.78, 5) is 11.2. The van der Waals surface area contributed by atoms with Crippen molar-refractivity contribution in [2.45, 2.75) is 93.8 Å². The van der Waals surface area contributed by atoms with Gasteiger partial charge in [-0.1, -0.05) is 44.8 Å². The van der Waals surface area contributed by atoms with Gasteiger partial charge in [-0.25, -0.2) is 0 Å². The molecule has 2 fully saturated rings. The van der Waals surface area contributed by atoms with E-state index in [0.29, 0.717) is 22.8 Å². The fourth-order valence-corrected chi connectivity index (χ4v) is 6.26. The maximum absolute atomic E-state index is 11.2. The van der Waals surface area contributed by atoms with Crippen LogP contribution >= 0.6 is 11.8 Å². The number of carbonyl (C=O) groups is 1. The topological polar surface area (TPSA) is 66.8 Å². The summed E-state index contributed by atoms with van der Waals surface area (Å²) in [5, 5.41) is 21.7. The Balaban J connectivity index is 1.74. The Morgan fingerprint density at radius 1 is 1.27 bits per heavy atom. The molecule has 0 bridgehead atoms. The molecule has 5 heteroatoms. The van der Waals surface area contributed by atoms with Crippen molar-refractivity contribution in [1.82, 2.24) is 0 Å². The summed E-state index contributed by atoms with van der Waals surface area (Å²) >= 11 is 2.03. The van der Waals surface area contributed by atoms with E-state index in [2.05, 4.69) is 17.7 Å². The van der Waals surface area contributed by atoms with Gasteiger partial charge in [-0.15, -0.1) is 0 Å². The van der Waals surface area contributed by atoms with E-state index in [1.54, 1.807) is 0 Å². The third kappa shape index (κ3) is 6.58. The molecular formula is C21H36O4S. The number of methoxy groups -OCH3 is 1. The molecule has 1 aliphatic carbocycles. The number of esters is 1. The van der Waals surface area contributed by atoms with Crippen molar-refractivity contribution in [3.63, 3.8) is 0 Å². The van der Waals surface area contributed by atoms with Gasteiger partial charge in [0.25, 0.3) is 0 Å². The Kier molecular flexibility index (Phi) is 9.51. The van der Waals surface area contributed by atoms with Crippen LogP contribution in [0.15, 0.2) is 12.2 Å². The van der Waals surface area contributed by atoms with Gasteiger partial charge in [0.1, 0.15) is 0 Å². The molecule has 0 amide bonds. The summed E-state index contributed by atoms with van der Waals surface area (Å²) in [6.45, 7) is 2.17. The van der Waals surface area contributed by atoms with Crippen molar-refractivity contribution in [2.75, 3.05) is 7.11 Å². The van der Waals surface area contributed by atoms with E-state index in [9.17, 15) is 15.0 Å². The van der Waals surface area contributed by atoms with Crippen molar-refractivity contribution in [1.29, 1.82) is 0 Å². The van der Waals surface area contributed by atoms with Gasteiger partial charge < -0.3 is 14.9 Å². The molecular weight excluding hydrogens is 348 g/mol. The number of hydrogen-bond acceptors (Lipinski definition) is 5. The summed E-state index contributed by atoms with van der Waals surface area (Å²) in [7, 11) is 1.44. The number of aliphatic hydroxyl groups excluding tert-OH is 2. The van der Waals surface area contributed by atoms with Crippen LogP contribution in [-0.4, -0.2) is 46.0 Å². The number of fused-ring (bicyclic) bond motifs is 1. The molecule has 1 heterocycles. The summed E-state index contributed by atoms with van der Waals surface area (Å²) in [5.74, 6) is 0.597. The van der Waals surface area contributed by atoms with Gasteiger partial charge in [0.15, 0.2) is 0 Å². The highest BCUT2D eigenvalue weighted by atomic mass is 32.2. The number of ether oxygens (including phenoxy) is 1. The van der Waals surface area contributed by atoms with Gasteiger partial charge in [-0.05, 0) is 38.0 Å². The van der Waals surface area contributed by atoms with Crippen molar-refractivity contribution >= 4 is 17.7 Å². The predicted octanol–water partition coefficient (Wildman–Crippen LogP) is 4.09. The second kappa shape index (κ2) is 11.4. The Morgan fingerprint density at radius 3 is 2.81 bits per heavy atom. The SMILES string of the molecule is CCCCC[C@H](O)C=C[C@@H]1[C@H]2CC(CCCCC(=O)OC)S[C@@H]2C[C@H]1O. The van der Waals surface area contributed by atoms with Crippen molar-refractivity contribution in [3.8, 4) is 0 Å². The number of unbranched alkanes of at least 4 members (excludes halogenated alkanes) is 3. The van der Waals surface area contributed by atoms with Crippen LogP contribution in [0.25, 0.3) is 0 Å². The van der Waals surface area contributed by atoms with Crippen LogP contribution in [0.4, 0.5) is 0 Å². The maximum Gasteiger partial charge on any atom is 0.305 e. The Morgan fingerprint density at radius 2 is 2.08 bits per heavy atom. The summed E-state index contributed by atoms with van der Waals surface area (Å²) in [6, 6.07) is 0. The lowest BCUT2D eigenvalue weighted by atomic mass is 9.89. The predicted molar refractivity (Wildman–Crippen MR) is 107 cm³/mol. The highest BCUT2D eigenvalue weighted by molar-refractivity contribution is 8.00. The summed E-state index contributed by atoms with van der Waals surface area (Å²) < 4.78 is 4.69. The number of hydrogen-bond donors (Lipinski definition) is 2. The van der Waals surface area contributed by atoms with Crippen LogP contribution in [0.1, 0.15) is 71.1 Å². The molecule has 1 saturated carbocycles. The van der Waals surface area contributed by atoms with E-state index in [4.69, 9.17) is 0 Å². The van der Waals surface area contributed by atoms with Crippen molar-refractivity contribution < 1.29 is 19.7 Å². The smallest absolute Gasteiger partial charge is 0.305 e. The van der Waals surface area contributed by atoms with E-state index < -0.39 is 0 Å². The maximum atomic E-state index is 11.2. The first-order valence-corrected chi connectivity index (χ1v) is 11.3. The molecule has 26 heavy (non-hydrogen) atoms. The van der Waals surface area contributed by atoms with Gasteiger partial charge in [-0.3, -0.25) is 4.79 Å². The molecule has 1 saturated heterocycles. The zero-order chi connectivity index (χ0) is 18.9. The number of rotatable bonds is 11.